The SMILES string of the molecule is C[C@@H](c1nnc(-c2ccc(C#N)cc2)s1)C1CCC(c2ccnc3ccc(F)cc23)CC1. The first-order valence-electron chi connectivity index (χ1n) is 11.0. The van der Waals surface area contributed by atoms with E-state index < -0.39 is 0 Å². The van der Waals surface area contributed by atoms with Crippen molar-refractivity contribution in [3.8, 4) is 16.6 Å². The number of aromatic nitrogens is 3. The molecule has 2 heterocycles. The molecular formula is C26H23FN4S. The molecule has 1 atom stereocenters. The molecule has 0 spiro atoms. The van der Waals surface area contributed by atoms with Crippen LogP contribution < -0.4 is 0 Å². The fourth-order valence-corrected chi connectivity index (χ4v) is 5.84. The molecule has 0 radical (unpaired) electrons. The summed E-state index contributed by atoms with van der Waals surface area (Å²) in [6.07, 6.45) is 6.27. The highest BCUT2D eigenvalue weighted by Crippen LogP contribution is 2.44. The summed E-state index contributed by atoms with van der Waals surface area (Å²) >= 11 is 1.65. The lowest BCUT2D eigenvalue weighted by atomic mass is 9.74. The molecular weight excluding hydrogens is 419 g/mol. The lowest BCUT2D eigenvalue weighted by Crippen LogP contribution is -2.18. The highest BCUT2D eigenvalue weighted by molar-refractivity contribution is 7.14. The van der Waals surface area contributed by atoms with E-state index in [4.69, 9.17) is 5.26 Å². The first kappa shape index (κ1) is 20.7. The van der Waals surface area contributed by atoms with Crippen LogP contribution in [0, 0.1) is 23.1 Å². The predicted octanol–water partition coefficient (Wildman–Crippen LogP) is 6.84. The van der Waals surface area contributed by atoms with Gasteiger partial charge in [0.25, 0.3) is 0 Å². The molecule has 0 N–H and O–H groups in total. The van der Waals surface area contributed by atoms with Crippen LogP contribution in [0.4, 0.5) is 4.39 Å². The van der Waals surface area contributed by atoms with E-state index in [0.717, 1.165) is 52.2 Å². The third-order valence-corrected chi connectivity index (χ3v) is 7.92. The summed E-state index contributed by atoms with van der Waals surface area (Å²) in [7, 11) is 0. The number of hydrogen-bond donors (Lipinski definition) is 0. The van der Waals surface area contributed by atoms with Gasteiger partial charge in [-0.2, -0.15) is 5.26 Å². The minimum atomic E-state index is -0.205. The van der Waals surface area contributed by atoms with E-state index in [0.29, 0.717) is 23.3 Å². The third kappa shape index (κ3) is 4.01. The van der Waals surface area contributed by atoms with Gasteiger partial charge in [0.1, 0.15) is 15.8 Å². The molecule has 6 heteroatoms. The Labute approximate surface area is 190 Å². The summed E-state index contributed by atoms with van der Waals surface area (Å²) in [5.74, 6) is 1.16. The predicted molar refractivity (Wildman–Crippen MR) is 125 cm³/mol. The van der Waals surface area contributed by atoms with Crippen LogP contribution in [0.15, 0.2) is 54.7 Å². The first-order valence-corrected chi connectivity index (χ1v) is 11.8. The number of halogens is 1. The summed E-state index contributed by atoms with van der Waals surface area (Å²) < 4.78 is 13.8. The Hall–Kier alpha value is -3.17. The minimum Gasteiger partial charge on any atom is -0.256 e. The number of pyridine rings is 1. The largest absolute Gasteiger partial charge is 0.256 e. The van der Waals surface area contributed by atoms with Crippen LogP contribution in [0.3, 0.4) is 0 Å². The highest BCUT2D eigenvalue weighted by Gasteiger charge is 2.29. The van der Waals surface area contributed by atoms with Gasteiger partial charge in [0.15, 0.2) is 0 Å². The normalized spacial score (nSPS) is 19.5. The van der Waals surface area contributed by atoms with Gasteiger partial charge in [0, 0.05) is 23.1 Å². The summed E-state index contributed by atoms with van der Waals surface area (Å²) in [6, 6.07) is 16.6. The van der Waals surface area contributed by atoms with Gasteiger partial charge >= 0.3 is 0 Å². The lowest BCUT2D eigenvalue weighted by molar-refractivity contribution is 0.290. The summed E-state index contributed by atoms with van der Waals surface area (Å²) in [6.45, 7) is 2.26. The molecule has 1 saturated carbocycles. The molecule has 0 aliphatic heterocycles. The highest BCUT2D eigenvalue weighted by atomic mass is 32.1. The Bertz CT molecular complexity index is 1280. The maximum absolute atomic E-state index is 13.8. The Morgan fingerprint density at radius 3 is 2.56 bits per heavy atom. The van der Waals surface area contributed by atoms with Gasteiger partial charge in [0.2, 0.25) is 0 Å². The monoisotopic (exact) mass is 442 g/mol. The second kappa shape index (κ2) is 8.76. The van der Waals surface area contributed by atoms with Crippen molar-refractivity contribution in [2.24, 2.45) is 5.92 Å². The van der Waals surface area contributed by atoms with Gasteiger partial charge in [0.05, 0.1) is 17.1 Å². The fourth-order valence-electron chi connectivity index (χ4n) is 4.85. The molecule has 2 aromatic carbocycles. The van der Waals surface area contributed by atoms with E-state index in [1.54, 1.807) is 23.5 Å². The van der Waals surface area contributed by atoms with Crippen molar-refractivity contribution in [3.05, 3.63) is 76.7 Å². The second-order valence-electron chi connectivity index (χ2n) is 8.60. The zero-order valence-corrected chi connectivity index (χ0v) is 18.6. The van der Waals surface area contributed by atoms with E-state index in [1.165, 1.54) is 11.6 Å². The van der Waals surface area contributed by atoms with Crippen LogP contribution in [0.1, 0.15) is 60.6 Å². The number of hydrogen-bond acceptors (Lipinski definition) is 5. The molecule has 0 amide bonds. The van der Waals surface area contributed by atoms with Gasteiger partial charge in [-0.1, -0.05) is 30.4 Å². The zero-order chi connectivity index (χ0) is 22.1. The third-order valence-electron chi connectivity index (χ3n) is 6.75. The van der Waals surface area contributed by atoms with Gasteiger partial charge < -0.3 is 0 Å². The number of fused-ring (bicyclic) bond motifs is 1. The summed E-state index contributed by atoms with van der Waals surface area (Å²) in [5, 5.41) is 20.8. The van der Waals surface area contributed by atoms with E-state index in [9.17, 15) is 4.39 Å². The van der Waals surface area contributed by atoms with Crippen molar-refractivity contribution in [2.75, 3.05) is 0 Å². The maximum Gasteiger partial charge on any atom is 0.147 e. The Kier molecular flexibility index (Phi) is 5.67. The van der Waals surface area contributed by atoms with Crippen molar-refractivity contribution >= 4 is 22.2 Å². The van der Waals surface area contributed by atoms with Crippen LogP contribution in [0.2, 0.25) is 0 Å². The summed E-state index contributed by atoms with van der Waals surface area (Å²) in [5.41, 5.74) is 3.73. The quantitative estimate of drug-likeness (QED) is 0.347. The number of benzene rings is 2. The molecule has 4 nitrogen and oxygen atoms in total. The zero-order valence-electron chi connectivity index (χ0n) is 17.8. The molecule has 2 aromatic heterocycles. The summed E-state index contributed by atoms with van der Waals surface area (Å²) in [4.78, 5) is 4.40. The van der Waals surface area contributed by atoms with Crippen molar-refractivity contribution < 1.29 is 4.39 Å². The molecule has 1 aliphatic carbocycles. The number of rotatable bonds is 4. The van der Waals surface area contributed by atoms with Crippen LogP contribution in [-0.2, 0) is 0 Å². The minimum absolute atomic E-state index is 0.205. The lowest BCUT2D eigenvalue weighted by Gasteiger charge is -2.32. The molecule has 5 rings (SSSR count). The molecule has 0 unspecified atom stereocenters. The van der Waals surface area contributed by atoms with E-state index in [2.05, 4.69) is 34.2 Å². The van der Waals surface area contributed by atoms with E-state index in [1.807, 2.05) is 30.5 Å². The van der Waals surface area contributed by atoms with Gasteiger partial charge in [-0.3, -0.25) is 4.98 Å². The number of nitrogens with zero attached hydrogens (tertiary/aromatic N) is 4. The van der Waals surface area contributed by atoms with Crippen molar-refractivity contribution in [1.82, 2.24) is 15.2 Å². The van der Waals surface area contributed by atoms with Crippen LogP contribution in [0.5, 0.6) is 0 Å². The molecule has 160 valence electrons. The van der Waals surface area contributed by atoms with Crippen LogP contribution in [0.25, 0.3) is 21.5 Å². The van der Waals surface area contributed by atoms with Crippen LogP contribution in [-0.4, -0.2) is 15.2 Å². The van der Waals surface area contributed by atoms with Crippen molar-refractivity contribution in [2.45, 2.75) is 44.4 Å². The second-order valence-corrected chi connectivity index (χ2v) is 9.61. The smallest absolute Gasteiger partial charge is 0.147 e. The topological polar surface area (TPSA) is 62.5 Å². The fraction of sp³-hybridized carbons (Fsp3) is 0.308. The van der Waals surface area contributed by atoms with Gasteiger partial charge in [-0.05, 0) is 79.5 Å². The first-order chi connectivity index (χ1) is 15.6. The van der Waals surface area contributed by atoms with Crippen molar-refractivity contribution in [3.63, 3.8) is 0 Å². The Balaban J connectivity index is 1.28. The standard InChI is InChI=1S/C26H23FN4S/c1-16(25-30-31-26(32-25)20-4-2-17(15-28)3-5-20)18-6-8-19(9-7-18)22-12-13-29-24-11-10-21(27)14-23(22)24/h2-5,10-14,16,18-19H,6-9H2,1H3/t16-,18?,19?/m1/s1. The molecule has 4 aromatic rings. The van der Waals surface area contributed by atoms with Crippen LogP contribution >= 0.6 is 11.3 Å². The number of nitriles is 1. The van der Waals surface area contributed by atoms with Gasteiger partial charge in [-0.25, -0.2) is 4.39 Å². The average molecular weight is 443 g/mol. The molecule has 32 heavy (non-hydrogen) atoms. The molecule has 1 aliphatic rings. The van der Waals surface area contributed by atoms with E-state index >= 15 is 0 Å². The van der Waals surface area contributed by atoms with Gasteiger partial charge in [-0.15, -0.1) is 10.2 Å². The van der Waals surface area contributed by atoms with Crippen molar-refractivity contribution in [1.29, 1.82) is 5.26 Å². The average Bonchev–Trinajstić information content (AvgIpc) is 3.34. The molecule has 0 bridgehead atoms. The molecule has 0 saturated heterocycles. The Morgan fingerprint density at radius 1 is 1.03 bits per heavy atom. The van der Waals surface area contributed by atoms with E-state index in [-0.39, 0.29) is 5.82 Å². The molecule has 1 fully saturated rings. The maximum atomic E-state index is 13.8. The Morgan fingerprint density at radius 2 is 1.81 bits per heavy atom.